The second-order valence-corrected chi connectivity index (χ2v) is 3.83. The SMILES string of the molecule is CCCNCC1(CC)CCOC1. The van der Waals surface area contributed by atoms with Gasteiger partial charge in [-0.15, -0.1) is 0 Å². The highest BCUT2D eigenvalue weighted by atomic mass is 16.5. The molecule has 1 heterocycles. The molecule has 0 bridgehead atoms. The van der Waals surface area contributed by atoms with E-state index in [-0.39, 0.29) is 0 Å². The van der Waals surface area contributed by atoms with E-state index in [0.29, 0.717) is 5.41 Å². The lowest BCUT2D eigenvalue weighted by molar-refractivity contribution is 0.147. The lowest BCUT2D eigenvalue weighted by Gasteiger charge is -2.25. The Morgan fingerprint density at radius 3 is 2.75 bits per heavy atom. The third-order valence-electron chi connectivity index (χ3n) is 2.86. The predicted octanol–water partition coefficient (Wildman–Crippen LogP) is 1.80. The van der Waals surface area contributed by atoms with Crippen LogP contribution in [0.4, 0.5) is 0 Å². The summed E-state index contributed by atoms with van der Waals surface area (Å²) in [5.41, 5.74) is 0.454. The molecule has 0 aromatic carbocycles. The molecule has 1 unspecified atom stereocenters. The molecule has 0 aliphatic carbocycles. The molecular formula is C10H21NO. The average molecular weight is 171 g/mol. The van der Waals surface area contributed by atoms with E-state index in [1.54, 1.807) is 0 Å². The van der Waals surface area contributed by atoms with Gasteiger partial charge in [-0.1, -0.05) is 13.8 Å². The molecule has 1 atom stereocenters. The van der Waals surface area contributed by atoms with Gasteiger partial charge >= 0.3 is 0 Å². The van der Waals surface area contributed by atoms with Crippen LogP contribution in [0.3, 0.4) is 0 Å². The van der Waals surface area contributed by atoms with Gasteiger partial charge in [0.1, 0.15) is 0 Å². The Bertz CT molecular complexity index is 119. The van der Waals surface area contributed by atoms with E-state index in [0.717, 1.165) is 26.3 Å². The van der Waals surface area contributed by atoms with Gasteiger partial charge in [-0.2, -0.15) is 0 Å². The second-order valence-electron chi connectivity index (χ2n) is 3.83. The van der Waals surface area contributed by atoms with Gasteiger partial charge in [-0.05, 0) is 25.8 Å². The van der Waals surface area contributed by atoms with Crippen molar-refractivity contribution in [1.29, 1.82) is 0 Å². The fourth-order valence-electron chi connectivity index (χ4n) is 1.72. The first-order valence-corrected chi connectivity index (χ1v) is 5.11. The van der Waals surface area contributed by atoms with Gasteiger partial charge in [-0.25, -0.2) is 0 Å². The van der Waals surface area contributed by atoms with Crippen molar-refractivity contribution in [2.24, 2.45) is 5.41 Å². The summed E-state index contributed by atoms with van der Waals surface area (Å²) in [4.78, 5) is 0. The Morgan fingerprint density at radius 1 is 1.42 bits per heavy atom. The lowest BCUT2D eigenvalue weighted by atomic mass is 9.84. The lowest BCUT2D eigenvalue weighted by Crippen LogP contribution is -2.34. The van der Waals surface area contributed by atoms with Crippen LogP contribution in [0.2, 0.25) is 0 Å². The van der Waals surface area contributed by atoms with Crippen LogP contribution in [0, 0.1) is 5.41 Å². The van der Waals surface area contributed by atoms with Crippen molar-refractivity contribution in [3.05, 3.63) is 0 Å². The molecule has 1 fully saturated rings. The maximum Gasteiger partial charge on any atom is 0.0535 e. The van der Waals surface area contributed by atoms with Crippen LogP contribution >= 0.6 is 0 Å². The summed E-state index contributed by atoms with van der Waals surface area (Å²) in [6.07, 6.45) is 3.70. The van der Waals surface area contributed by atoms with Crippen LogP contribution < -0.4 is 5.32 Å². The number of nitrogens with one attached hydrogen (secondary N) is 1. The molecule has 2 heteroatoms. The van der Waals surface area contributed by atoms with Gasteiger partial charge in [0.25, 0.3) is 0 Å². The standard InChI is InChI=1S/C10H21NO/c1-3-6-11-8-10(4-2)5-7-12-9-10/h11H,3-9H2,1-2H3. The number of ether oxygens (including phenoxy) is 1. The van der Waals surface area contributed by atoms with E-state index in [1.807, 2.05) is 0 Å². The van der Waals surface area contributed by atoms with Gasteiger partial charge in [0.15, 0.2) is 0 Å². The van der Waals surface area contributed by atoms with Crippen molar-refractivity contribution in [2.45, 2.75) is 33.1 Å². The zero-order valence-electron chi connectivity index (χ0n) is 8.36. The van der Waals surface area contributed by atoms with E-state index in [1.165, 1.54) is 19.3 Å². The van der Waals surface area contributed by atoms with Crippen molar-refractivity contribution in [1.82, 2.24) is 5.32 Å². The maximum atomic E-state index is 5.44. The molecule has 0 spiro atoms. The third-order valence-corrected chi connectivity index (χ3v) is 2.86. The quantitative estimate of drug-likeness (QED) is 0.637. The maximum absolute atomic E-state index is 5.44. The van der Waals surface area contributed by atoms with E-state index in [4.69, 9.17) is 4.74 Å². The highest BCUT2D eigenvalue weighted by Gasteiger charge is 2.32. The molecule has 1 saturated heterocycles. The van der Waals surface area contributed by atoms with E-state index < -0.39 is 0 Å². The Balaban J connectivity index is 2.24. The summed E-state index contributed by atoms with van der Waals surface area (Å²) in [6.45, 7) is 8.67. The van der Waals surface area contributed by atoms with Gasteiger partial charge in [0.2, 0.25) is 0 Å². The summed E-state index contributed by atoms with van der Waals surface area (Å²) in [5.74, 6) is 0. The summed E-state index contributed by atoms with van der Waals surface area (Å²) in [7, 11) is 0. The van der Waals surface area contributed by atoms with Crippen LogP contribution in [0.15, 0.2) is 0 Å². The van der Waals surface area contributed by atoms with Crippen molar-refractivity contribution in [3.8, 4) is 0 Å². The molecule has 1 N–H and O–H groups in total. The molecule has 72 valence electrons. The first kappa shape index (κ1) is 10.0. The average Bonchev–Trinajstić information content (AvgIpc) is 2.55. The van der Waals surface area contributed by atoms with Crippen molar-refractivity contribution >= 4 is 0 Å². The minimum atomic E-state index is 0.454. The molecule has 0 saturated carbocycles. The van der Waals surface area contributed by atoms with Crippen LogP contribution in [-0.4, -0.2) is 26.3 Å². The first-order valence-electron chi connectivity index (χ1n) is 5.11. The molecule has 1 aliphatic heterocycles. The van der Waals surface area contributed by atoms with E-state index in [9.17, 15) is 0 Å². The van der Waals surface area contributed by atoms with Crippen LogP contribution in [-0.2, 0) is 4.74 Å². The Morgan fingerprint density at radius 2 is 2.25 bits per heavy atom. The van der Waals surface area contributed by atoms with Gasteiger partial charge in [-0.3, -0.25) is 0 Å². The Labute approximate surface area is 75.7 Å². The molecule has 2 nitrogen and oxygen atoms in total. The summed E-state index contributed by atoms with van der Waals surface area (Å²) < 4.78 is 5.44. The predicted molar refractivity (Wildman–Crippen MR) is 51.3 cm³/mol. The summed E-state index contributed by atoms with van der Waals surface area (Å²) in [5, 5.41) is 3.49. The monoisotopic (exact) mass is 171 g/mol. The Hall–Kier alpha value is -0.0800. The third kappa shape index (κ3) is 2.46. The van der Waals surface area contributed by atoms with Crippen LogP contribution in [0.1, 0.15) is 33.1 Å². The normalized spacial score (nSPS) is 29.5. The van der Waals surface area contributed by atoms with Gasteiger partial charge < -0.3 is 10.1 Å². The topological polar surface area (TPSA) is 21.3 Å². The number of rotatable bonds is 5. The molecule has 0 aromatic rings. The molecule has 0 amide bonds. The van der Waals surface area contributed by atoms with Crippen molar-refractivity contribution in [2.75, 3.05) is 26.3 Å². The molecule has 1 rings (SSSR count). The number of hydrogen-bond donors (Lipinski definition) is 1. The summed E-state index contributed by atoms with van der Waals surface area (Å²) >= 11 is 0. The highest BCUT2D eigenvalue weighted by molar-refractivity contribution is 4.83. The van der Waals surface area contributed by atoms with E-state index in [2.05, 4.69) is 19.2 Å². The zero-order chi connectivity index (χ0) is 8.86. The smallest absolute Gasteiger partial charge is 0.0535 e. The van der Waals surface area contributed by atoms with Crippen molar-refractivity contribution < 1.29 is 4.74 Å². The minimum Gasteiger partial charge on any atom is -0.381 e. The van der Waals surface area contributed by atoms with Crippen molar-refractivity contribution in [3.63, 3.8) is 0 Å². The van der Waals surface area contributed by atoms with Gasteiger partial charge in [0, 0.05) is 18.6 Å². The molecule has 0 radical (unpaired) electrons. The number of hydrogen-bond acceptors (Lipinski definition) is 2. The van der Waals surface area contributed by atoms with Crippen LogP contribution in [0.5, 0.6) is 0 Å². The zero-order valence-corrected chi connectivity index (χ0v) is 8.36. The Kier molecular flexibility index (Phi) is 4.02. The van der Waals surface area contributed by atoms with Crippen LogP contribution in [0.25, 0.3) is 0 Å². The minimum absolute atomic E-state index is 0.454. The highest BCUT2D eigenvalue weighted by Crippen LogP contribution is 2.31. The second kappa shape index (κ2) is 4.83. The molecular weight excluding hydrogens is 150 g/mol. The first-order chi connectivity index (χ1) is 5.83. The fourth-order valence-corrected chi connectivity index (χ4v) is 1.72. The molecule has 1 aliphatic rings. The van der Waals surface area contributed by atoms with E-state index >= 15 is 0 Å². The van der Waals surface area contributed by atoms with Gasteiger partial charge in [0.05, 0.1) is 6.61 Å². The molecule has 0 aromatic heterocycles. The molecule has 12 heavy (non-hydrogen) atoms. The fraction of sp³-hybridized carbons (Fsp3) is 1.00. The largest absolute Gasteiger partial charge is 0.381 e. The summed E-state index contributed by atoms with van der Waals surface area (Å²) in [6, 6.07) is 0.